The second-order valence-electron chi connectivity index (χ2n) is 5.03. The van der Waals surface area contributed by atoms with E-state index in [2.05, 4.69) is 5.32 Å². The van der Waals surface area contributed by atoms with Crippen LogP contribution in [0.15, 0.2) is 41.8 Å². The molecule has 0 saturated heterocycles. The van der Waals surface area contributed by atoms with Gasteiger partial charge in [0, 0.05) is 36.5 Å². The van der Waals surface area contributed by atoms with E-state index in [1.54, 1.807) is 6.20 Å². The lowest BCUT2D eigenvalue weighted by Gasteiger charge is -2.15. The van der Waals surface area contributed by atoms with Gasteiger partial charge in [0.1, 0.15) is 5.82 Å². The number of halogens is 1. The maximum Gasteiger partial charge on any atom is 0.123 e. The number of nitrogens with one attached hydrogen (secondary N) is 3. The van der Waals surface area contributed by atoms with Gasteiger partial charge in [-0.2, -0.15) is 0 Å². The summed E-state index contributed by atoms with van der Waals surface area (Å²) in [5.74, 6) is -0.501. The summed E-state index contributed by atoms with van der Waals surface area (Å²) < 4.78 is 13.4. The Morgan fingerprint density at radius 3 is 2.65 bits per heavy atom. The summed E-state index contributed by atoms with van der Waals surface area (Å²) >= 11 is 0. The molecule has 5 N–H and O–H groups in total. The standard InChI is InChI=1S/C17H22FN3O2/c1-3-21-9-12(8-19)6-13(10-22)17(20)15-5-4-14(18)7-16(15)11(2)23/h4-5,7-11,19-23H,3,6H2,1-2H3/b12-9-,13-10-,19-8?,20-17?. The molecule has 1 aromatic carbocycles. The van der Waals surface area contributed by atoms with Crippen molar-refractivity contribution in [2.75, 3.05) is 6.54 Å². The second-order valence-corrected chi connectivity index (χ2v) is 5.03. The molecule has 0 heterocycles. The zero-order valence-electron chi connectivity index (χ0n) is 13.2. The molecule has 0 fully saturated rings. The highest BCUT2D eigenvalue weighted by Gasteiger charge is 2.17. The molecule has 0 saturated carbocycles. The van der Waals surface area contributed by atoms with Crippen LogP contribution >= 0.6 is 0 Å². The average Bonchev–Trinajstić information content (AvgIpc) is 2.54. The molecule has 0 aliphatic heterocycles. The molecule has 1 unspecified atom stereocenters. The summed E-state index contributed by atoms with van der Waals surface area (Å²) in [5.41, 5.74) is 1.45. The molecular formula is C17H22FN3O2. The number of aliphatic hydroxyl groups is 2. The van der Waals surface area contributed by atoms with Crippen molar-refractivity contribution in [3.05, 3.63) is 58.8 Å². The zero-order chi connectivity index (χ0) is 17.4. The van der Waals surface area contributed by atoms with E-state index in [4.69, 9.17) is 10.8 Å². The van der Waals surface area contributed by atoms with Gasteiger partial charge in [-0.1, -0.05) is 0 Å². The van der Waals surface area contributed by atoms with Crippen LogP contribution in [0.4, 0.5) is 4.39 Å². The molecule has 6 heteroatoms. The van der Waals surface area contributed by atoms with Crippen molar-refractivity contribution in [1.82, 2.24) is 5.32 Å². The zero-order valence-corrected chi connectivity index (χ0v) is 13.2. The van der Waals surface area contributed by atoms with Crippen LogP contribution in [0.2, 0.25) is 0 Å². The van der Waals surface area contributed by atoms with Gasteiger partial charge in [0.25, 0.3) is 0 Å². The van der Waals surface area contributed by atoms with Gasteiger partial charge < -0.3 is 20.9 Å². The van der Waals surface area contributed by atoms with Gasteiger partial charge in [-0.25, -0.2) is 4.39 Å². The van der Waals surface area contributed by atoms with Crippen molar-refractivity contribution in [3.8, 4) is 0 Å². The Balaban J connectivity index is 3.13. The lowest BCUT2D eigenvalue weighted by atomic mass is 9.92. The van der Waals surface area contributed by atoms with E-state index >= 15 is 0 Å². The van der Waals surface area contributed by atoms with Gasteiger partial charge in [0.05, 0.1) is 18.1 Å². The number of hydrogen-bond donors (Lipinski definition) is 5. The molecule has 0 aliphatic rings. The van der Waals surface area contributed by atoms with Crippen LogP contribution < -0.4 is 5.32 Å². The van der Waals surface area contributed by atoms with Crippen LogP contribution in [-0.2, 0) is 0 Å². The van der Waals surface area contributed by atoms with E-state index in [9.17, 15) is 14.6 Å². The van der Waals surface area contributed by atoms with Crippen LogP contribution in [0.1, 0.15) is 37.5 Å². The molecule has 124 valence electrons. The summed E-state index contributed by atoms with van der Waals surface area (Å²) in [5, 5.41) is 37.8. The van der Waals surface area contributed by atoms with Crippen LogP contribution in [0.5, 0.6) is 0 Å². The molecule has 0 bridgehead atoms. The molecule has 1 atom stereocenters. The van der Waals surface area contributed by atoms with E-state index in [-0.39, 0.29) is 23.3 Å². The largest absolute Gasteiger partial charge is 0.515 e. The normalized spacial score (nSPS) is 13.6. The molecule has 5 nitrogen and oxygen atoms in total. The van der Waals surface area contributed by atoms with Crippen molar-refractivity contribution in [1.29, 1.82) is 10.8 Å². The van der Waals surface area contributed by atoms with E-state index in [1.165, 1.54) is 25.1 Å². The number of allylic oxidation sites excluding steroid dienone is 2. The first-order valence-corrected chi connectivity index (χ1v) is 7.27. The van der Waals surface area contributed by atoms with Crippen LogP contribution in [-0.4, -0.2) is 28.7 Å². The Hall–Kier alpha value is -2.47. The van der Waals surface area contributed by atoms with Gasteiger partial charge in [0.15, 0.2) is 0 Å². The molecule has 0 spiro atoms. The summed E-state index contributed by atoms with van der Waals surface area (Å²) in [4.78, 5) is 0. The summed E-state index contributed by atoms with van der Waals surface area (Å²) in [6.45, 7) is 4.09. The third-order valence-electron chi connectivity index (χ3n) is 3.28. The van der Waals surface area contributed by atoms with E-state index in [0.29, 0.717) is 17.7 Å². The van der Waals surface area contributed by atoms with Crippen LogP contribution in [0.3, 0.4) is 0 Å². The summed E-state index contributed by atoms with van der Waals surface area (Å²) in [6.07, 6.45) is 2.81. The van der Waals surface area contributed by atoms with E-state index in [1.807, 2.05) is 6.92 Å². The minimum absolute atomic E-state index is 0.0207. The first kappa shape index (κ1) is 18.6. The van der Waals surface area contributed by atoms with Crippen LogP contribution in [0, 0.1) is 16.6 Å². The molecule has 1 rings (SSSR count). The molecule has 0 amide bonds. The SMILES string of the molecule is CCN/C=C(\C=N)C/C(=C/O)C(=N)c1ccc(F)cc1C(C)O. The molecule has 0 radical (unpaired) electrons. The number of hydrogen-bond acceptors (Lipinski definition) is 5. The van der Waals surface area contributed by atoms with Gasteiger partial charge in [0.2, 0.25) is 0 Å². The lowest BCUT2D eigenvalue weighted by molar-refractivity contribution is 0.198. The summed E-state index contributed by atoms with van der Waals surface area (Å²) in [6, 6.07) is 3.79. The maximum absolute atomic E-state index is 13.4. The third-order valence-corrected chi connectivity index (χ3v) is 3.28. The minimum Gasteiger partial charge on any atom is -0.515 e. The minimum atomic E-state index is -0.944. The Labute approximate surface area is 135 Å². The highest BCUT2D eigenvalue weighted by Crippen LogP contribution is 2.23. The highest BCUT2D eigenvalue weighted by atomic mass is 19.1. The fourth-order valence-electron chi connectivity index (χ4n) is 2.08. The first-order chi connectivity index (χ1) is 10.9. The Morgan fingerprint density at radius 2 is 2.13 bits per heavy atom. The Morgan fingerprint density at radius 1 is 1.43 bits per heavy atom. The van der Waals surface area contributed by atoms with Crippen molar-refractivity contribution >= 4 is 11.9 Å². The Bertz CT molecular complexity index is 637. The van der Waals surface area contributed by atoms with Gasteiger partial charge in [-0.15, -0.1) is 0 Å². The molecule has 0 aliphatic carbocycles. The predicted octanol–water partition coefficient (Wildman–Crippen LogP) is 3.22. The van der Waals surface area contributed by atoms with Gasteiger partial charge in [-0.3, -0.25) is 5.41 Å². The quantitative estimate of drug-likeness (QED) is 0.376. The van der Waals surface area contributed by atoms with E-state index in [0.717, 1.165) is 12.5 Å². The fourth-order valence-corrected chi connectivity index (χ4v) is 2.08. The number of aliphatic hydroxyl groups excluding tert-OH is 2. The van der Waals surface area contributed by atoms with Crippen LogP contribution in [0.25, 0.3) is 0 Å². The monoisotopic (exact) mass is 319 g/mol. The fraction of sp³-hybridized carbons (Fsp3) is 0.294. The van der Waals surface area contributed by atoms with Crippen molar-refractivity contribution < 1.29 is 14.6 Å². The third kappa shape index (κ3) is 5.03. The predicted molar refractivity (Wildman–Crippen MR) is 89.7 cm³/mol. The van der Waals surface area contributed by atoms with Crippen molar-refractivity contribution in [3.63, 3.8) is 0 Å². The second kappa shape index (κ2) is 8.85. The number of benzene rings is 1. The maximum atomic E-state index is 13.4. The first-order valence-electron chi connectivity index (χ1n) is 7.27. The Kier molecular flexibility index (Phi) is 7.15. The average molecular weight is 319 g/mol. The number of rotatable bonds is 8. The molecule has 1 aromatic rings. The molecule has 0 aromatic heterocycles. The van der Waals surface area contributed by atoms with Crippen molar-refractivity contribution in [2.45, 2.75) is 26.4 Å². The van der Waals surface area contributed by atoms with Crippen molar-refractivity contribution in [2.24, 2.45) is 0 Å². The van der Waals surface area contributed by atoms with Gasteiger partial charge in [-0.05, 0) is 43.2 Å². The van der Waals surface area contributed by atoms with E-state index < -0.39 is 11.9 Å². The topological polar surface area (TPSA) is 100 Å². The molecular weight excluding hydrogens is 297 g/mol. The van der Waals surface area contributed by atoms with Gasteiger partial charge >= 0.3 is 0 Å². The highest BCUT2D eigenvalue weighted by molar-refractivity contribution is 6.12. The smallest absolute Gasteiger partial charge is 0.123 e. The summed E-state index contributed by atoms with van der Waals surface area (Å²) in [7, 11) is 0. The lowest BCUT2D eigenvalue weighted by Crippen LogP contribution is -2.12. The molecule has 23 heavy (non-hydrogen) atoms.